The van der Waals surface area contributed by atoms with Crippen molar-refractivity contribution < 1.29 is 4.79 Å². The highest BCUT2D eigenvalue weighted by Crippen LogP contribution is 2.17. The molecule has 0 aliphatic heterocycles. The summed E-state index contributed by atoms with van der Waals surface area (Å²) in [7, 11) is 0. The van der Waals surface area contributed by atoms with Crippen LogP contribution in [0.4, 0.5) is 5.82 Å². The normalized spacial score (nSPS) is 10.8. The Balaban J connectivity index is 1.61. The van der Waals surface area contributed by atoms with Crippen LogP contribution in [0.5, 0.6) is 0 Å². The fraction of sp³-hybridized carbons (Fsp3) is 0.0526. The molecule has 4 rings (SSSR count). The van der Waals surface area contributed by atoms with Crippen LogP contribution in [0.2, 0.25) is 0 Å². The highest BCUT2D eigenvalue weighted by Gasteiger charge is 2.13. The Morgan fingerprint density at radius 3 is 2.65 bits per heavy atom. The Morgan fingerprint density at radius 2 is 1.88 bits per heavy atom. The summed E-state index contributed by atoms with van der Waals surface area (Å²) < 4.78 is 1.50. The van der Waals surface area contributed by atoms with Gasteiger partial charge < -0.3 is 11.1 Å². The van der Waals surface area contributed by atoms with Gasteiger partial charge in [-0.05, 0) is 29.8 Å². The Labute approximate surface area is 149 Å². The van der Waals surface area contributed by atoms with Crippen LogP contribution in [0.15, 0.2) is 66.9 Å². The van der Waals surface area contributed by atoms with Crippen molar-refractivity contribution in [3.05, 3.63) is 78.0 Å². The second-order valence-electron chi connectivity index (χ2n) is 5.76. The standard InChI is InChI=1S/C19H16N6O/c20-16-10-14(19(26)22-12-13-6-2-1-3-7-13)11-17-23-18(24-25(16)17)15-8-4-5-9-21-15/h1-11H,12,20H2,(H,22,26). The number of amides is 1. The predicted molar refractivity (Wildman–Crippen MR) is 98.2 cm³/mol. The fourth-order valence-electron chi connectivity index (χ4n) is 2.62. The Kier molecular flexibility index (Phi) is 4.03. The second kappa shape index (κ2) is 6.64. The number of carbonyl (C=O) groups is 1. The van der Waals surface area contributed by atoms with Crippen LogP contribution in [0.3, 0.4) is 0 Å². The Morgan fingerprint density at radius 1 is 1.08 bits per heavy atom. The van der Waals surface area contributed by atoms with Crippen molar-refractivity contribution in [3.8, 4) is 11.5 Å². The van der Waals surface area contributed by atoms with Crippen molar-refractivity contribution >= 4 is 17.4 Å². The molecule has 0 radical (unpaired) electrons. The number of nitrogen functional groups attached to an aromatic ring is 1. The molecule has 0 saturated heterocycles. The molecule has 3 heterocycles. The number of nitrogens with one attached hydrogen (secondary N) is 1. The molecular weight excluding hydrogens is 328 g/mol. The van der Waals surface area contributed by atoms with E-state index in [4.69, 9.17) is 5.73 Å². The van der Waals surface area contributed by atoms with Crippen LogP contribution in [0.25, 0.3) is 17.2 Å². The second-order valence-corrected chi connectivity index (χ2v) is 5.76. The number of aromatic nitrogens is 4. The number of nitrogens with zero attached hydrogens (tertiary/aromatic N) is 4. The van der Waals surface area contributed by atoms with Gasteiger partial charge in [-0.1, -0.05) is 36.4 Å². The summed E-state index contributed by atoms with van der Waals surface area (Å²) in [6.45, 7) is 0.441. The molecule has 0 bridgehead atoms. The highest BCUT2D eigenvalue weighted by molar-refractivity contribution is 5.95. The average Bonchev–Trinajstić information content (AvgIpc) is 3.12. The first-order valence-corrected chi connectivity index (χ1v) is 8.10. The van der Waals surface area contributed by atoms with Crippen LogP contribution in [-0.2, 0) is 6.54 Å². The van der Waals surface area contributed by atoms with Gasteiger partial charge in [0.1, 0.15) is 11.5 Å². The summed E-state index contributed by atoms with van der Waals surface area (Å²) >= 11 is 0. The number of pyridine rings is 2. The van der Waals surface area contributed by atoms with E-state index in [1.807, 2.05) is 48.5 Å². The smallest absolute Gasteiger partial charge is 0.251 e. The van der Waals surface area contributed by atoms with Crippen molar-refractivity contribution in [2.24, 2.45) is 0 Å². The summed E-state index contributed by atoms with van der Waals surface area (Å²) in [4.78, 5) is 21.1. The van der Waals surface area contributed by atoms with E-state index in [9.17, 15) is 4.79 Å². The highest BCUT2D eigenvalue weighted by atomic mass is 16.1. The van der Waals surface area contributed by atoms with E-state index in [-0.39, 0.29) is 5.91 Å². The van der Waals surface area contributed by atoms with E-state index in [1.165, 1.54) is 4.52 Å². The van der Waals surface area contributed by atoms with Crippen LogP contribution >= 0.6 is 0 Å². The molecule has 0 aliphatic carbocycles. The summed E-state index contributed by atoms with van der Waals surface area (Å²) in [5.41, 5.74) is 8.65. The molecule has 128 valence electrons. The molecule has 0 fully saturated rings. The third-order valence-corrected chi connectivity index (χ3v) is 3.92. The van der Waals surface area contributed by atoms with Gasteiger partial charge in [0.25, 0.3) is 5.91 Å². The minimum Gasteiger partial charge on any atom is -0.384 e. The molecule has 7 nitrogen and oxygen atoms in total. The van der Waals surface area contributed by atoms with Gasteiger partial charge in [0, 0.05) is 18.3 Å². The van der Waals surface area contributed by atoms with Gasteiger partial charge in [-0.3, -0.25) is 9.78 Å². The van der Waals surface area contributed by atoms with Gasteiger partial charge in [0.15, 0.2) is 5.65 Å². The van der Waals surface area contributed by atoms with Gasteiger partial charge in [-0.2, -0.15) is 4.52 Å². The molecule has 26 heavy (non-hydrogen) atoms. The van der Waals surface area contributed by atoms with Crippen LogP contribution in [0, 0.1) is 0 Å². The third-order valence-electron chi connectivity index (χ3n) is 3.92. The van der Waals surface area contributed by atoms with E-state index in [0.717, 1.165) is 5.56 Å². The number of rotatable bonds is 4. The molecule has 0 spiro atoms. The number of benzene rings is 1. The third kappa shape index (κ3) is 3.10. The maximum atomic E-state index is 12.5. The molecule has 1 amide bonds. The number of fused-ring (bicyclic) bond motifs is 1. The quantitative estimate of drug-likeness (QED) is 0.592. The SMILES string of the molecule is Nc1cc(C(=O)NCc2ccccc2)cc2nc(-c3ccccn3)nn12. The molecular formula is C19H16N6O. The van der Waals surface area contributed by atoms with E-state index < -0.39 is 0 Å². The predicted octanol–water partition coefficient (Wildman–Crippen LogP) is 2.30. The molecule has 3 aromatic heterocycles. The van der Waals surface area contributed by atoms with Crippen LogP contribution in [-0.4, -0.2) is 25.5 Å². The molecule has 0 saturated carbocycles. The Hall–Kier alpha value is -3.74. The number of hydrogen-bond donors (Lipinski definition) is 2. The Bertz CT molecular complexity index is 1060. The number of hydrogen-bond acceptors (Lipinski definition) is 5. The van der Waals surface area contributed by atoms with Crippen molar-refractivity contribution in [2.75, 3.05) is 5.73 Å². The van der Waals surface area contributed by atoms with Gasteiger partial charge in [-0.25, -0.2) is 4.98 Å². The molecule has 1 aromatic carbocycles. The first-order valence-electron chi connectivity index (χ1n) is 8.10. The summed E-state index contributed by atoms with van der Waals surface area (Å²) in [5.74, 6) is 0.576. The molecule has 3 N–H and O–H groups in total. The van der Waals surface area contributed by atoms with Crippen LogP contribution < -0.4 is 11.1 Å². The zero-order chi connectivity index (χ0) is 17.9. The van der Waals surface area contributed by atoms with Crippen LogP contribution in [0.1, 0.15) is 15.9 Å². The van der Waals surface area contributed by atoms with Crippen molar-refractivity contribution in [2.45, 2.75) is 6.54 Å². The van der Waals surface area contributed by atoms with Crippen molar-refractivity contribution in [3.63, 3.8) is 0 Å². The summed E-state index contributed by atoms with van der Waals surface area (Å²) in [5, 5.41) is 7.24. The molecule has 0 unspecified atom stereocenters. The summed E-state index contributed by atoms with van der Waals surface area (Å²) in [6, 6.07) is 18.5. The molecule has 4 aromatic rings. The lowest BCUT2D eigenvalue weighted by Crippen LogP contribution is -2.23. The zero-order valence-corrected chi connectivity index (χ0v) is 13.8. The summed E-state index contributed by atoms with van der Waals surface area (Å²) in [6.07, 6.45) is 1.67. The lowest BCUT2D eigenvalue weighted by molar-refractivity contribution is 0.0951. The molecule has 0 aliphatic rings. The maximum absolute atomic E-state index is 12.5. The van der Waals surface area contributed by atoms with E-state index >= 15 is 0 Å². The van der Waals surface area contributed by atoms with Gasteiger partial charge >= 0.3 is 0 Å². The molecule has 7 heteroatoms. The number of anilines is 1. The maximum Gasteiger partial charge on any atom is 0.251 e. The lowest BCUT2D eigenvalue weighted by atomic mass is 10.2. The number of carbonyl (C=O) groups excluding carboxylic acids is 1. The average molecular weight is 344 g/mol. The number of nitrogens with two attached hydrogens (primary N) is 1. The molecule has 0 atom stereocenters. The van der Waals surface area contributed by atoms with Gasteiger partial charge in [-0.15, -0.1) is 5.10 Å². The monoisotopic (exact) mass is 344 g/mol. The van der Waals surface area contributed by atoms with Gasteiger partial charge in [0.2, 0.25) is 5.82 Å². The topological polar surface area (TPSA) is 98.2 Å². The minimum atomic E-state index is -0.217. The zero-order valence-electron chi connectivity index (χ0n) is 13.8. The van der Waals surface area contributed by atoms with E-state index in [0.29, 0.717) is 35.1 Å². The first-order chi connectivity index (χ1) is 12.7. The van der Waals surface area contributed by atoms with Gasteiger partial charge in [0.05, 0.1) is 0 Å². The lowest BCUT2D eigenvalue weighted by Gasteiger charge is -2.06. The first kappa shape index (κ1) is 15.8. The van der Waals surface area contributed by atoms with Crippen molar-refractivity contribution in [1.29, 1.82) is 0 Å². The van der Waals surface area contributed by atoms with E-state index in [2.05, 4.69) is 20.4 Å². The fourth-order valence-corrected chi connectivity index (χ4v) is 2.62. The minimum absolute atomic E-state index is 0.217. The van der Waals surface area contributed by atoms with E-state index in [1.54, 1.807) is 18.3 Å². The largest absolute Gasteiger partial charge is 0.384 e. The van der Waals surface area contributed by atoms with Crippen molar-refractivity contribution in [1.82, 2.24) is 24.9 Å².